The van der Waals surface area contributed by atoms with Gasteiger partial charge in [0.15, 0.2) is 5.17 Å². The molecule has 0 radical (unpaired) electrons. The Morgan fingerprint density at radius 1 is 1.12 bits per heavy atom. The van der Waals surface area contributed by atoms with E-state index in [2.05, 4.69) is 10.3 Å². The summed E-state index contributed by atoms with van der Waals surface area (Å²) in [6.45, 7) is 2.02. The van der Waals surface area contributed by atoms with E-state index in [1.165, 1.54) is 11.8 Å². The first-order valence-corrected chi connectivity index (χ1v) is 8.46. The Morgan fingerprint density at radius 3 is 2.54 bits per heavy atom. The van der Waals surface area contributed by atoms with Crippen molar-refractivity contribution in [1.82, 2.24) is 5.32 Å². The van der Waals surface area contributed by atoms with Gasteiger partial charge in [0.25, 0.3) is 5.91 Å². The Labute approximate surface area is 146 Å². The zero-order valence-corrected chi connectivity index (χ0v) is 14.7. The van der Waals surface area contributed by atoms with Crippen LogP contribution < -0.4 is 10.2 Å². The molecule has 1 heterocycles. The lowest BCUT2D eigenvalue weighted by atomic mass is 10.2. The topological polar surface area (TPSA) is 44.7 Å². The van der Waals surface area contributed by atoms with Crippen LogP contribution in [0.25, 0.3) is 6.08 Å². The minimum atomic E-state index is -0.108. The normalized spacial score (nSPS) is 17.4. The molecule has 1 aliphatic heterocycles. The van der Waals surface area contributed by atoms with Gasteiger partial charge in [0, 0.05) is 19.8 Å². The Kier molecular flexibility index (Phi) is 4.71. The number of nitrogens with one attached hydrogen (secondary N) is 1. The zero-order valence-electron chi connectivity index (χ0n) is 13.9. The predicted molar refractivity (Wildman–Crippen MR) is 103 cm³/mol. The summed E-state index contributed by atoms with van der Waals surface area (Å²) in [5.41, 5.74) is 4.11. The van der Waals surface area contributed by atoms with Gasteiger partial charge in [-0.15, -0.1) is 0 Å². The van der Waals surface area contributed by atoms with Crippen molar-refractivity contribution in [2.45, 2.75) is 6.92 Å². The smallest absolute Gasteiger partial charge is 0.264 e. The van der Waals surface area contributed by atoms with Crippen LogP contribution in [-0.4, -0.2) is 25.2 Å². The number of amidine groups is 1. The fraction of sp³-hybridized carbons (Fsp3) is 0.158. The highest BCUT2D eigenvalue weighted by Crippen LogP contribution is 2.28. The molecule has 0 aromatic heterocycles. The predicted octanol–water partition coefficient (Wildman–Crippen LogP) is 3.95. The molecule has 0 bridgehead atoms. The van der Waals surface area contributed by atoms with Crippen LogP contribution in [-0.2, 0) is 4.79 Å². The standard InChI is InChI=1S/C19H19N3OS/c1-13-5-4-6-15(11-13)20-19-21-18(23)17(24-19)12-14-7-9-16(10-8-14)22(2)3/h4-12H,1-3H3,(H,20,21,23)/b17-12-. The number of aryl methyl sites for hydroxylation is 1. The van der Waals surface area contributed by atoms with Gasteiger partial charge in [0.05, 0.1) is 10.6 Å². The summed E-state index contributed by atoms with van der Waals surface area (Å²) in [6, 6.07) is 16.0. The average molecular weight is 337 g/mol. The van der Waals surface area contributed by atoms with E-state index >= 15 is 0 Å². The molecule has 2 aromatic rings. The number of benzene rings is 2. The van der Waals surface area contributed by atoms with Crippen LogP contribution in [0, 0.1) is 6.92 Å². The summed E-state index contributed by atoms with van der Waals surface area (Å²) in [7, 11) is 4.00. The Hall–Kier alpha value is -2.53. The third-order valence-electron chi connectivity index (χ3n) is 3.59. The monoisotopic (exact) mass is 337 g/mol. The van der Waals surface area contributed by atoms with E-state index in [9.17, 15) is 4.79 Å². The number of carbonyl (C=O) groups excluding carboxylic acids is 1. The number of anilines is 1. The molecular formula is C19H19N3OS. The number of thioether (sulfide) groups is 1. The van der Waals surface area contributed by atoms with E-state index in [4.69, 9.17) is 0 Å². The molecule has 0 unspecified atom stereocenters. The van der Waals surface area contributed by atoms with Gasteiger partial charge in [-0.1, -0.05) is 24.3 Å². The van der Waals surface area contributed by atoms with E-state index in [1.807, 2.05) is 80.5 Å². The van der Waals surface area contributed by atoms with Crippen molar-refractivity contribution in [2.75, 3.05) is 19.0 Å². The highest BCUT2D eigenvalue weighted by atomic mass is 32.2. The van der Waals surface area contributed by atoms with Crippen molar-refractivity contribution in [3.05, 3.63) is 64.6 Å². The van der Waals surface area contributed by atoms with Crippen LogP contribution in [0.5, 0.6) is 0 Å². The highest BCUT2D eigenvalue weighted by molar-refractivity contribution is 8.18. The summed E-state index contributed by atoms with van der Waals surface area (Å²) in [4.78, 5) is 19.3. The first kappa shape index (κ1) is 16.3. The van der Waals surface area contributed by atoms with Gasteiger partial charge in [-0.2, -0.15) is 0 Å². The number of hydrogen-bond donors (Lipinski definition) is 1. The summed E-state index contributed by atoms with van der Waals surface area (Å²) < 4.78 is 0. The molecule has 0 spiro atoms. The van der Waals surface area contributed by atoms with Gasteiger partial charge in [0.2, 0.25) is 0 Å². The average Bonchev–Trinajstić information content (AvgIpc) is 2.87. The highest BCUT2D eigenvalue weighted by Gasteiger charge is 2.23. The number of carbonyl (C=O) groups is 1. The van der Waals surface area contributed by atoms with Gasteiger partial charge in [-0.3, -0.25) is 4.79 Å². The van der Waals surface area contributed by atoms with Crippen molar-refractivity contribution in [2.24, 2.45) is 4.99 Å². The molecule has 0 atom stereocenters. The molecule has 1 saturated heterocycles. The van der Waals surface area contributed by atoms with Gasteiger partial charge in [0.1, 0.15) is 0 Å². The fourth-order valence-electron chi connectivity index (χ4n) is 2.32. The molecule has 2 aromatic carbocycles. The van der Waals surface area contributed by atoms with Crippen LogP contribution >= 0.6 is 11.8 Å². The van der Waals surface area contributed by atoms with Crippen LogP contribution in [0.2, 0.25) is 0 Å². The second-order valence-electron chi connectivity index (χ2n) is 5.81. The molecule has 0 aliphatic carbocycles. The number of aliphatic imine (C=N–C) groups is 1. The van der Waals surface area contributed by atoms with E-state index < -0.39 is 0 Å². The third kappa shape index (κ3) is 3.86. The molecule has 1 aliphatic rings. The van der Waals surface area contributed by atoms with E-state index in [0.717, 1.165) is 22.5 Å². The molecular weight excluding hydrogens is 318 g/mol. The summed E-state index contributed by atoms with van der Waals surface area (Å²) in [6.07, 6.45) is 1.89. The molecule has 1 fully saturated rings. The molecule has 0 saturated carbocycles. The molecule has 1 N–H and O–H groups in total. The van der Waals surface area contributed by atoms with Crippen molar-refractivity contribution < 1.29 is 4.79 Å². The lowest BCUT2D eigenvalue weighted by molar-refractivity contribution is -0.115. The van der Waals surface area contributed by atoms with E-state index in [-0.39, 0.29) is 5.91 Å². The summed E-state index contributed by atoms with van der Waals surface area (Å²) >= 11 is 1.36. The van der Waals surface area contributed by atoms with Crippen LogP contribution in [0.15, 0.2) is 58.4 Å². The minimum Gasteiger partial charge on any atom is -0.378 e. The van der Waals surface area contributed by atoms with E-state index in [1.54, 1.807) is 0 Å². The van der Waals surface area contributed by atoms with Crippen LogP contribution in [0.3, 0.4) is 0 Å². The third-order valence-corrected chi connectivity index (χ3v) is 4.50. The molecule has 122 valence electrons. The summed E-state index contributed by atoms with van der Waals surface area (Å²) in [5, 5.41) is 3.43. The summed E-state index contributed by atoms with van der Waals surface area (Å²) in [5.74, 6) is -0.108. The Balaban J connectivity index is 1.79. The Morgan fingerprint density at radius 2 is 1.88 bits per heavy atom. The minimum absolute atomic E-state index is 0.108. The molecule has 24 heavy (non-hydrogen) atoms. The van der Waals surface area contributed by atoms with Crippen molar-refractivity contribution in [3.63, 3.8) is 0 Å². The SMILES string of the molecule is Cc1cccc(N=C2NC(=O)/C(=C/c3ccc(N(C)C)cc3)S2)c1. The quantitative estimate of drug-likeness (QED) is 0.863. The van der Waals surface area contributed by atoms with E-state index in [0.29, 0.717) is 10.1 Å². The van der Waals surface area contributed by atoms with Gasteiger partial charge < -0.3 is 10.2 Å². The van der Waals surface area contributed by atoms with Gasteiger partial charge in [-0.05, 0) is 60.2 Å². The maximum absolute atomic E-state index is 12.1. The molecule has 5 heteroatoms. The van der Waals surface area contributed by atoms with Crippen molar-refractivity contribution in [1.29, 1.82) is 0 Å². The number of nitrogens with zero attached hydrogens (tertiary/aromatic N) is 2. The number of hydrogen-bond acceptors (Lipinski definition) is 4. The first-order valence-electron chi connectivity index (χ1n) is 7.65. The number of rotatable bonds is 3. The number of amides is 1. The molecule has 3 rings (SSSR count). The zero-order chi connectivity index (χ0) is 17.1. The lowest BCUT2D eigenvalue weighted by Crippen LogP contribution is -2.19. The Bertz CT molecular complexity index is 823. The van der Waals surface area contributed by atoms with Gasteiger partial charge >= 0.3 is 0 Å². The maximum Gasteiger partial charge on any atom is 0.264 e. The van der Waals surface area contributed by atoms with Crippen LogP contribution in [0.1, 0.15) is 11.1 Å². The molecule has 1 amide bonds. The first-order chi connectivity index (χ1) is 11.5. The second kappa shape index (κ2) is 6.93. The fourth-order valence-corrected chi connectivity index (χ4v) is 3.16. The lowest BCUT2D eigenvalue weighted by Gasteiger charge is -2.11. The van der Waals surface area contributed by atoms with Crippen LogP contribution in [0.4, 0.5) is 11.4 Å². The second-order valence-corrected chi connectivity index (χ2v) is 6.84. The maximum atomic E-state index is 12.1. The molecule has 4 nitrogen and oxygen atoms in total. The van der Waals surface area contributed by atoms with Crippen molar-refractivity contribution in [3.8, 4) is 0 Å². The van der Waals surface area contributed by atoms with Crippen molar-refractivity contribution >= 4 is 40.3 Å². The largest absolute Gasteiger partial charge is 0.378 e. The van der Waals surface area contributed by atoms with Gasteiger partial charge in [-0.25, -0.2) is 4.99 Å².